The number of fused-ring (bicyclic) bond motifs is 6. The first-order chi connectivity index (χ1) is 65.9. The first kappa shape index (κ1) is 91.7. The van der Waals surface area contributed by atoms with Gasteiger partial charge in [-0.2, -0.15) is 0 Å². The summed E-state index contributed by atoms with van der Waals surface area (Å²) in [6.45, 7) is 7.07. The van der Waals surface area contributed by atoms with Crippen LogP contribution in [0.5, 0.6) is 0 Å². The predicted molar refractivity (Wildman–Crippen MR) is 538 cm³/mol. The minimum absolute atomic E-state index is 0.164. The Balaban J connectivity index is 0.000000113. The first-order valence-corrected chi connectivity index (χ1v) is 50.4. The molecule has 0 aliphatic carbocycles. The van der Waals surface area contributed by atoms with E-state index in [1.165, 1.54) is 138 Å². The molecule has 29 nitrogen and oxygen atoms in total. The number of thiophene rings is 2. The molecule has 0 bridgehead atoms. The number of carbonyl (C=O) groups excluding carboxylic acids is 5. The molecule has 15 heterocycles. The molecule has 0 spiro atoms. The van der Waals surface area contributed by atoms with Gasteiger partial charge in [-0.05, 0) is 129 Å². The van der Waals surface area contributed by atoms with Crippen molar-refractivity contribution in [2.75, 3.05) is 26.6 Å². The number of aromatic nitrogens is 16. The summed E-state index contributed by atoms with van der Waals surface area (Å²) in [5.74, 6) is 1.73. The van der Waals surface area contributed by atoms with E-state index in [0.29, 0.717) is 80.4 Å². The molecular weight excluding hydrogens is 1960 g/mol. The molecule has 22 aromatic rings. The van der Waals surface area contributed by atoms with Crippen LogP contribution in [-0.4, -0.2) is 111 Å². The fourth-order valence-electron chi connectivity index (χ4n) is 12.9. The number of nitrogens with zero attached hydrogens (tertiary/aromatic N) is 16. The molecule has 666 valence electrons. The average Bonchev–Trinajstić information content (AvgIpc) is 1.81. The van der Waals surface area contributed by atoms with E-state index in [2.05, 4.69) is 108 Å². The smallest absolute Gasteiger partial charge is 0.279 e. The van der Waals surface area contributed by atoms with E-state index in [9.17, 15) is 24.0 Å². The van der Waals surface area contributed by atoms with Crippen molar-refractivity contribution < 1.29 is 37.3 Å². The fourth-order valence-corrected chi connectivity index (χ4v) is 24.0. The number of pyridine rings is 5. The normalized spacial score (nSPS) is 11.0. The number of para-hydroxylation sites is 5. The summed E-state index contributed by atoms with van der Waals surface area (Å²) in [6.07, 6.45) is 8.88. The molecule has 7 aromatic carbocycles. The quantitative estimate of drug-likeness (QED) is 0.0417. The maximum atomic E-state index is 12.8. The van der Waals surface area contributed by atoms with Crippen LogP contribution in [0, 0.1) is 27.7 Å². The van der Waals surface area contributed by atoms with Crippen molar-refractivity contribution in [1.29, 1.82) is 0 Å². The fraction of sp³-hybridized carbons (Fsp3) is 0.0430. The first-order valence-electron chi connectivity index (χ1n) is 40.1. The second kappa shape index (κ2) is 43.0. The highest BCUT2D eigenvalue weighted by molar-refractivity contribution is 8.02. The Hall–Kier alpha value is -13.8. The highest BCUT2D eigenvalue weighted by Crippen LogP contribution is 2.43. The Morgan fingerprint density at radius 1 is 0.333 bits per heavy atom. The SMILES string of the molecule is Cc1cc(C(=O)Nc2nnc(Sc3ccnc4ccccc34)s2)c(C)o1.Cc1cc(C(=O)Nc2nnc(Sc3ccnc4ccccc34)s2)no1.Cc1oc(-c2ccccc2)cc1C(=O)Nc1nnc(Sc2ccnc3ccccc23)s1.O=C(Nc1nnc(Sc2ccnc3ccccc23)s1)c1cc2ccccc2s1.O=C(Nc1nnc(Sc2ccnc3ccccc23)s1)c1sccc1Cl. The Kier molecular flexibility index (Phi) is 29.2. The molecule has 0 atom stereocenters. The minimum atomic E-state index is -0.376. The van der Waals surface area contributed by atoms with E-state index in [-0.39, 0.29) is 35.2 Å². The van der Waals surface area contributed by atoms with Crippen molar-refractivity contribution in [3.05, 3.63) is 328 Å². The lowest BCUT2D eigenvalue weighted by molar-refractivity contribution is 0.101. The standard InChI is InChI=1S/C23H16N4O2S2.C20H12N4OS3.C18H14N4O2S2.C16H9ClN4OS3.C16H11N5O2S2/c1-14-17(13-19(29-14)15-7-3-2-4-8-15)21(28)25-22-26-27-23(31-22)30-20-11-12-24-18-10-6-5-9-16(18)20;25-18(17-11-12-5-1-4-8-15(12)26-17)22-19-23-24-20(28-19)27-16-9-10-21-14-7-3-2-6-13(14)16;1-10-9-13(11(2)24-10)16(23)20-17-21-22-18(26-17)25-15-7-8-19-14-6-4-3-5-12(14)15;17-10-6-8-23-13(10)14(22)19-15-20-21-16(25-15)24-12-5-7-18-11-4-2-1-3-9(11)12;1-9-8-12(21-23-9)14(22)18-15-19-20-16(25-15)24-13-6-7-17-11-5-3-2-4-10(11)13/h2-13H,1H3,(H,25,26,28);1-11H,(H,22,23,25);3-9H,1-2H3,(H,20,21,23);1-8H,(H,19,20,22);2-8H,1H3,(H,18,19,22). The molecule has 0 saturated carbocycles. The summed E-state index contributed by atoms with van der Waals surface area (Å²) in [5.41, 5.74) is 6.76. The largest absolute Gasteiger partial charge is 0.466 e. The zero-order valence-corrected chi connectivity index (χ0v) is 80.7. The minimum Gasteiger partial charge on any atom is -0.466 e. The van der Waals surface area contributed by atoms with Crippen LogP contribution in [0.4, 0.5) is 25.7 Å². The third kappa shape index (κ3) is 23.0. The molecule has 135 heavy (non-hydrogen) atoms. The lowest BCUT2D eigenvalue weighted by atomic mass is 10.1. The maximum absolute atomic E-state index is 12.8. The van der Waals surface area contributed by atoms with E-state index in [4.69, 9.17) is 25.0 Å². The van der Waals surface area contributed by atoms with Crippen molar-refractivity contribution in [2.24, 2.45) is 0 Å². The number of furan rings is 2. The van der Waals surface area contributed by atoms with Gasteiger partial charge in [-0.25, -0.2) is 0 Å². The van der Waals surface area contributed by atoms with Gasteiger partial charge in [0.25, 0.3) is 29.5 Å². The lowest BCUT2D eigenvalue weighted by Gasteiger charge is -2.02. The highest BCUT2D eigenvalue weighted by Gasteiger charge is 2.24. The molecule has 0 radical (unpaired) electrons. The van der Waals surface area contributed by atoms with Crippen molar-refractivity contribution >= 4 is 270 Å². The Morgan fingerprint density at radius 3 is 1.06 bits per heavy atom. The van der Waals surface area contributed by atoms with Crippen LogP contribution in [0.3, 0.4) is 0 Å². The number of aryl methyl sites for hydroxylation is 4. The van der Waals surface area contributed by atoms with Gasteiger partial charge < -0.3 is 13.4 Å². The molecule has 0 aliphatic rings. The molecule has 15 aromatic heterocycles. The number of hydrogen-bond donors (Lipinski definition) is 5. The summed E-state index contributed by atoms with van der Waals surface area (Å²) < 4.78 is 20.9. The van der Waals surface area contributed by atoms with Gasteiger partial charge in [-0.15, -0.1) is 73.7 Å². The molecule has 0 fully saturated rings. The highest BCUT2D eigenvalue weighted by atomic mass is 35.5. The Bertz CT molecular complexity index is 8020. The molecule has 0 saturated heterocycles. The van der Waals surface area contributed by atoms with Crippen LogP contribution in [0.1, 0.15) is 73.6 Å². The molecular formula is C93H62ClN21O8S12. The topological polar surface area (TPSA) is 391 Å². The van der Waals surface area contributed by atoms with E-state index in [0.717, 1.165) is 116 Å². The van der Waals surface area contributed by atoms with Gasteiger partial charge in [-0.3, -0.25) is 75.5 Å². The van der Waals surface area contributed by atoms with Gasteiger partial charge in [-0.1, -0.05) is 272 Å². The monoisotopic (exact) mass is 2020 g/mol. The lowest BCUT2D eigenvalue weighted by Crippen LogP contribution is -2.11. The third-order valence-corrected chi connectivity index (χ3v) is 31.3. The van der Waals surface area contributed by atoms with Crippen molar-refractivity contribution in [3.63, 3.8) is 0 Å². The van der Waals surface area contributed by atoms with Gasteiger partial charge in [0.15, 0.2) is 27.4 Å². The van der Waals surface area contributed by atoms with Gasteiger partial charge in [0.2, 0.25) is 25.7 Å². The number of anilines is 5. The van der Waals surface area contributed by atoms with Crippen LogP contribution in [0.2, 0.25) is 5.02 Å². The molecule has 5 amide bonds. The van der Waals surface area contributed by atoms with Crippen LogP contribution >= 0.6 is 150 Å². The number of amides is 5. The number of hydrogen-bond acceptors (Lipinski definition) is 36. The van der Waals surface area contributed by atoms with Gasteiger partial charge in [0.1, 0.15) is 33.7 Å². The number of rotatable bonds is 21. The second-order valence-corrected chi connectivity index (χ2v) is 41.9. The Morgan fingerprint density at radius 2 is 0.689 bits per heavy atom. The summed E-state index contributed by atoms with van der Waals surface area (Å²) in [7, 11) is 0. The Labute approximate surface area is 819 Å². The zero-order chi connectivity index (χ0) is 92.7. The van der Waals surface area contributed by atoms with Crippen molar-refractivity contribution in [2.45, 2.75) is 73.9 Å². The number of halogens is 1. The summed E-state index contributed by atoms with van der Waals surface area (Å²) in [6, 6.07) is 75.7. The predicted octanol–water partition coefficient (Wildman–Crippen LogP) is 25.5. The van der Waals surface area contributed by atoms with E-state index in [1.807, 2.05) is 219 Å². The molecule has 22 rings (SSSR count). The van der Waals surface area contributed by atoms with Gasteiger partial charge in [0.05, 0.1) is 48.6 Å². The van der Waals surface area contributed by atoms with Crippen molar-refractivity contribution in [3.8, 4) is 11.3 Å². The van der Waals surface area contributed by atoms with Crippen LogP contribution in [-0.2, 0) is 0 Å². The van der Waals surface area contributed by atoms with E-state index >= 15 is 0 Å². The van der Waals surface area contributed by atoms with Crippen LogP contribution < -0.4 is 26.6 Å². The molecule has 0 unspecified atom stereocenters. The average molecular weight is 2020 g/mol. The second-order valence-electron chi connectivity index (χ2n) is 28.1. The van der Waals surface area contributed by atoms with Crippen molar-refractivity contribution in [1.82, 2.24) is 81.1 Å². The van der Waals surface area contributed by atoms with E-state index < -0.39 is 0 Å². The molecule has 42 heteroatoms. The zero-order valence-electron chi connectivity index (χ0n) is 70.2. The summed E-state index contributed by atoms with van der Waals surface area (Å²) in [4.78, 5) is 90.1. The van der Waals surface area contributed by atoms with Crippen LogP contribution in [0.25, 0.3) is 75.9 Å². The number of benzene rings is 7. The number of carbonyl (C=O) groups is 5. The summed E-state index contributed by atoms with van der Waals surface area (Å²) in [5, 5.41) is 69.5. The van der Waals surface area contributed by atoms with Crippen LogP contribution in [0.15, 0.2) is 332 Å². The van der Waals surface area contributed by atoms with Gasteiger partial charge in [0, 0.05) is 98.7 Å². The third-order valence-electron chi connectivity index (χ3n) is 19.0. The molecule has 0 aliphatic heterocycles. The summed E-state index contributed by atoms with van der Waals surface area (Å²) >= 11 is 22.9. The molecule has 5 N–H and O–H groups in total. The number of nitrogens with one attached hydrogen (secondary N) is 5. The van der Waals surface area contributed by atoms with Gasteiger partial charge >= 0.3 is 0 Å². The van der Waals surface area contributed by atoms with E-state index in [1.54, 1.807) is 81.4 Å². The maximum Gasteiger partial charge on any atom is 0.279 e.